The summed E-state index contributed by atoms with van der Waals surface area (Å²) in [6.45, 7) is 1.27. The predicted molar refractivity (Wildman–Crippen MR) is 92.8 cm³/mol. The van der Waals surface area contributed by atoms with Crippen molar-refractivity contribution in [2.45, 2.75) is 0 Å². The Balaban J connectivity index is 1.53. The number of ether oxygens (including phenoxy) is 1. The Labute approximate surface area is 140 Å². The summed E-state index contributed by atoms with van der Waals surface area (Å²) in [5.41, 5.74) is 1.00. The van der Waals surface area contributed by atoms with E-state index < -0.39 is 0 Å². The van der Waals surface area contributed by atoms with Crippen molar-refractivity contribution >= 4 is 54.2 Å². The average molecular weight is 384 g/mol. The van der Waals surface area contributed by atoms with Crippen LogP contribution in [0.3, 0.4) is 0 Å². The van der Waals surface area contributed by atoms with E-state index in [1.807, 2.05) is 36.4 Å². The molecule has 1 aromatic heterocycles. The average Bonchev–Trinajstić information content (AvgIpc) is 2.87. The van der Waals surface area contributed by atoms with E-state index in [0.29, 0.717) is 18.2 Å². The maximum Gasteiger partial charge on any atom is 0.183 e. The van der Waals surface area contributed by atoms with Crippen LogP contribution in [-0.2, 0) is 0 Å². The number of benzene rings is 2. The highest BCUT2D eigenvalue weighted by Crippen LogP contribution is 2.28. The van der Waals surface area contributed by atoms with Crippen molar-refractivity contribution in [1.29, 1.82) is 0 Å². The minimum Gasteiger partial charge on any atom is -0.492 e. The van der Waals surface area contributed by atoms with Crippen molar-refractivity contribution in [2.75, 3.05) is 18.5 Å². The van der Waals surface area contributed by atoms with Crippen molar-refractivity contribution in [2.24, 2.45) is 0 Å². The molecule has 0 amide bonds. The molecule has 3 aromatic rings. The van der Waals surface area contributed by atoms with E-state index in [-0.39, 0.29) is 0 Å². The number of fused-ring (bicyclic) bond motifs is 1. The standard InChI is InChI=1S/C15H12BrClN2OS/c16-10-1-6-13-14(9-10)21-15(19-13)18-7-8-20-12-4-2-11(17)3-5-12/h1-6,9H,7-8H2,(H,18,19). The molecule has 0 aliphatic rings. The monoisotopic (exact) mass is 382 g/mol. The summed E-state index contributed by atoms with van der Waals surface area (Å²) in [5, 5.41) is 4.89. The number of hydrogen-bond acceptors (Lipinski definition) is 4. The lowest BCUT2D eigenvalue weighted by atomic mass is 10.3. The first kappa shape index (κ1) is 14.6. The normalized spacial score (nSPS) is 10.8. The second-order valence-corrected chi connectivity index (χ2v) is 6.74. The fraction of sp³-hybridized carbons (Fsp3) is 0.133. The molecular weight excluding hydrogens is 372 g/mol. The summed E-state index contributed by atoms with van der Waals surface area (Å²) in [6.07, 6.45) is 0. The van der Waals surface area contributed by atoms with Gasteiger partial charge in [-0.05, 0) is 42.5 Å². The van der Waals surface area contributed by atoms with Crippen LogP contribution >= 0.6 is 38.9 Å². The van der Waals surface area contributed by atoms with Gasteiger partial charge in [0, 0.05) is 9.50 Å². The lowest BCUT2D eigenvalue weighted by molar-refractivity contribution is 0.333. The number of thiazole rings is 1. The van der Waals surface area contributed by atoms with Crippen molar-refractivity contribution < 1.29 is 4.74 Å². The van der Waals surface area contributed by atoms with Crippen molar-refractivity contribution in [3.63, 3.8) is 0 Å². The fourth-order valence-corrected chi connectivity index (χ4v) is 3.40. The minimum absolute atomic E-state index is 0.571. The number of nitrogens with one attached hydrogen (secondary N) is 1. The number of hydrogen-bond donors (Lipinski definition) is 1. The Morgan fingerprint density at radius 1 is 1.19 bits per heavy atom. The zero-order valence-corrected chi connectivity index (χ0v) is 14.1. The zero-order valence-electron chi connectivity index (χ0n) is 11.0. The van der Waals surface area contributed by atoms with Crippen LogP contribution in [0.4, 0.5) is 5.13 Å². The molecule has 0 atom stereocenters. The molecule has 1 heterocycles. The molecule has 3 nitrogen and oxygen atoms in total. The van der Waals surface area contributed by atoms with Gasteiger partial charge in [0.15, 0.2) is 5.13 Å². The molecule has 108 valence electrons. The van der Waals surface area contributed by atoms with Gasteiger partial charge in [0.2, 0.25) is 0 Å². The van der Waals surface area contributed by atoms with Crippen LogP contribution in [0.2, 0.25) is 5.02 Å². The van der Waals surface area contributed by atoms with E-state index in [2.05, 4.69) is 32.3 Å². The van der Waals surface area contributed by atoms with E-state index in [1.165, 1.54) is 0 Å². The third kappa shape index (κ3) is 3.87. The Morgan fingerprint density at radius 2 is 2.00 bits per heavy atom. The number of rotatable bonds is 5. The van der Waals surface area contributed by atoms with Gasteiger partial charge in [-0.3, -0.25) is 0 Å². The van der Waals surface area contributed by atoms with Crippen molar-refractivity contribution in [1.82, 2.24) is 4.98 Å². The van der Waals surface area contributed by atoms with Gasteiger partial charge in [0.1, 0.15) is 12.4 Å². The fourth-order valence-electron chi connectivity index (χ4n) is 1.83. The third-order valence-corrected chi connectivity index (χ3v) is 4.53. The quantitative estimate of drug-likeness (QED) is 0.615. The SMILES string of the molecule is Clc1ccc(OCCNc2nc3ccc(Br)cc3s2)cc1. The molecule has 6 heteroatoms. The Bertz CT molecular complexity index is 745. The van der Waals surface area contributed by atoms with E-state index in [4.69, 9.17) is 16.3 Å². The van der Waals surface area contributed by atoms with Gasteiger partial charge >= 0.3 is 0 Å². The smallest absolute Gasteiger partial charge is 0.183 e. The maximum absolute atomic E-state index is 5.82. The first-order chi connectivity index (χ1) is 10.2. The largest absolute Gasteiger partial charge is 0.492 e. The summed E-state index contributed by atoms with van der Waals surface area (Å²) >= 11 is 10.9. The number of anilines is 1. The molecule has 3 rings (SSSR count). The molecular formula is C15H12BrClN2OS. The highest BCUT2D eigenvalue weighted by atomic mass is 79.9. The summed E-state index contributed by atoms with van der Waals surface area (Å²) in [5.74, 6) is 0.814. The Morgan fingerprint density at radius 3 is 2.81 bits per heavy atom. The molecule has 21 heavy (non-hydrogen) atoms. The van der Waals surface area contributed by atoms with Crippen LogP contribution in [0.1, 0.15) is 0 Å². The van der Waals surface area contributed by atoms with Crippen molar-refractivity contribution in [3.8, 4) is 5.75 Å². The summed E-state index contributed by atoms with van der Waals surface area (Å²) in [4.78, 5) is 4.52. The summed E-state index contributed by atoms with van der Waals surface area (Å²) < 4.78 is 7.85. The number of halogens is 2. The summed E-state index contributed by atoms with van der Waals surface area (Å²) in [7, 11) is 0. The molecule has 2 aromatic carbocycles. The van der Waals surface area contributed by atoms with Gasteiger partial charge in [-0.2, -0.15) is 0 Å². The van der Waals surface area contributed by atoms with Crippen LogP contribution in [0, 0.1) is 0 Å². The molecule has 0 aliphatic carbocycles. The van der Waals surface area contributed by atoms with Gasteiger partial charge in [0.25, 0.3) is 0 Å². The first-order valence-corrected chi connectivity index (χ1v) is 8.38. The van der Waals surface area contributed by atoms with E-state index in [0.717, 1.165) is 25.6 Å². The minimum atomic E-state index is 0.571. The van der Waals surface area contributed by atoms with Gasteiger partial charge in [0.05, 0.1) is 16.8 Å². The molecule has 1 N–H and O–H groups in total. The molecule has 0 fully saturated rings. The zero-order chi connectivity index (χ0) is 14.7. The van der Waals surface area contributed by atoms with Crippen LogP contribution in [0.5, 0.6) is 5.75 Å². The molecule has 0 aliphatic heterocycles. The van der Waals surface area contributed by atoms with E-state index in [1.54, 1.807) is 11.3 Å². The van der Waals surface area contributed by atoms with Crippen LogP contribution < -0.4 is 10.1 Å². The van der Waals surface area contributed by atoms with Crippen molar-refractivity contribution in [3.05, 3.63) is 52.0 Å². The van der Waals surface area contributed by atoms with Gasteiger partial charge in [-0.25, -0.2) is 4.98 Å². The van der Waals surface area contributed by atoms with Gasteiger partial charge in [-0.15, -0.1) is 0 Å². The third-order valence-electron chi connectivity index (χ3n) is 2.81. The van der Waals surface area contributed by atoms with Gasteiger partial charge < -0.3 is 10.1 Å². The van der Waals surface area contributed by atoms with Crippen LogP contribution in [0.25, 0.3) is 10.2 Å². The molecule has 0 radical (unpaired) electrons. The molecule has 0 spiro atoms. The Kier molecular flexibility index (Phi) is 4.63. The highest BCUT2D eigenvalue weighted by molar-refractivity contribution is 9.10. The number of nitrogens with zero attached hydrogens (tertiary/aromatic N) is 1. The summed E-state index contributed by atoms with van der Waals surface area (Å²) in [6, 6.07) is 13.4. The van der Waals surface area contributed by atoms with Gasteiger partial charge in [-0.1, -0.05) is 38.9 Å². The number of aromatic nitrogens is 1. The topological polar surface area (TPSA) is 34.1 Å². The molecule has 0 saturated carbocycles. The molecule has 0 bridgehead atoms. The second kappa shape index (κ2) is 6.64. The predicted octanol–water partition coefficient (Wildman–Crippen LogP) is 5.20. The highest BCUT2D eigenvalue weighted by Gasteiger charge is 2.03. The lowest BCUT2D eigenvalue weighted by Crippen LogP contribution is -2.11. The molecule has 0 unspecified atom stereocenters. The first-order valence-electron chi connectivity index (χ1n) is 6.39. The second-order valence-electron chi connectivity index (χ2n) is 4.36. The molecule has 0 saturated heterocycles. The van der Waals surface area contributed by atoms with Crippen LogP contribution in [0.15, 0.2) is 46.9 Å². The Hall–Kier alpha value is -1.30. The van der Waals surface area contributed by atoms with E-state index >= 15 is 0 Å². The van der Waals surface area contributed by atoms with Crippen LogP contribution in [-0.4, -0.2) is 18.1 Å². The lowest BCUT2D eigenvalue weighted by Gasteiger charge is -2.06. The van der Waals surface area contributed by atoms with E-state index in [9.17, 15) is 0 Å². The maximum atomic E-state index is 5.82.